The van der Waals surface area contributed by atoms with E-state index < -0.39 is 0 Å². The number of benzene rings is 1. The minimum absolute atomic E-state index is 0.156. The van der Waals surface area contributed by atoms with Crippen molar-refractivity contribution in [3.63, 3.8) is 0 Å². The van der Waals surface area contributed by atoms with Crippen LogP contribution in [0.4, 0.5) is 0 Å². The third kappa shape index (κ3) is 2.48. The molecule has 3 nitrogen and oxygen atoms in total. The third-order valence-corrected chi connectivity index (χ3v) is 3.94. The van der Waals surface area contributed by atoms with E-state index in [0.29, 0.717) is 6.04 Å². The predicted molar refractivity (Wildman–Crippen MR) is 71.6 cm³/mol. The topological polar surface area (TPSA) is 32.3 Å². The summed E-state index contributed by atoms with van der Waals surface area (Å²) in [4.78, 5) is 15.5. The summed E-state index contributed by atoms with van der Waals surface area (Å²) in [6, 6.07) is 8.19. The zero-order chi connectivity index (χ0) is 12.3. The quantitative estimate of drug-likeness (QED) is 0.828. The van der Waals surface area contributed by atoms with E-state index in [4.69, 9.17) is 0 Å². The Bertz CT molecular complexity index is 404. The molecule has 0 saturated carbocycles. The predicted octanol–water partition coefficient (Wildman–Crippen LogP) is 1.84. The van der Waals surface area contributed by atoms with E-state index in [-0.39, 0.29) is 5.91 Å². The standard InChI is InChI=1S/C13H18N2OS/c1-3-15(10-8-14-9-10)13(16)11-6-4-5-7-12(11)17-2/h4-7,10,14H,3,8-9H2,1-2H3. The highest BCUT2D eigenvalue weighted by Gasteiger charge is 2.28. The molecule has 0 aromatic heterocycles. The maximum absolute atomic E-state index is 12.5. The normalized spacial score (nSPS) is 15.4. The lowest BCUT2D eigenvalue weighted by atomic mass is 10.1. The molecule has 1 saturated heterocycles. The molecule has 1 amide bonds. The SMILES string of the molecule is CCN(C(=O)c1ccccc1SC)C1CNC1. The highest BCUT2D eigenvalue weighted by Crippen LogP contribution is 2.22. The van der Waals surface area contributed by atoms with Gasteiger partial charge in [0.2, 0.25) is 0 Å². The average molecular weight is 250 g/mol. The lowest BCUT2D eigenvalue weighted by Crippen LogP contribution is -2.58. The van der Waals surface area contributed by atoms with Gasteiger partial charge in [-0.15, -0.1) is 11.8 Å². The molecule has 2 rings (SSSR count). The van der Waals surface area contributed by atoms with Crippen molar-refractivity contribution in [2.45, 2.75) is 17.9 Å². The third-order valence-electron chi connectivity index (χ3n) is 3.14. The number of carbonyl (C=O) groups excluding carboxylic acids is 1. The molecule has 1 aliphatic rings. The first-order chi connectivity index (χ1) is 8.27. The minimum Gasteiger partial charge on any atom is -0.333 e. The molecule has 17 heavy (non-hydrogen) atoms. The van der Waals surface area contributed by atoms with Crippen LogP contribution in [0, 0.1) is 0 Å². The van der Waals surface area contributed by atoms with Crippen molar-refractivity contribution in [3.05, 3.63) is 29.8 Å². The zero-order valence-corrected chi connectivity index (χ0v) is 11.1. The van der Waals surface area contributed by atoms with Gasteiger partial charge in [-0.25, -0.2) is 0 Å². The van der Waals surface area contributed by atoms with Gasteiger partial charge in [-0.3, -0.25) is 4.79 Å². The average Bonchev–Trinajstić information content (AvgIpc) is 2.32. The van der Waals surface area contributed by atoms with Crippen LogP contribution in [-0.2, 0) is 0 Å². The van der Waals surface area contributed by atoms with Gasteiger partial charge in [-0.2, -0.15) is 0 Å². The molecule has 0 unspecified atom stereocenters. The molecular formula is C13H18N2OS. The monoisotopic (exact) mass is 250 g/mol. The fourth-order valence-corrected chi connectivity index (χ4v) is 2.63. The van der Waals surface area contributed by atoms with Gasteiger partial charge < -0.3 is 10.2 Å². The van der Waals surface area contributed by atoms with Crippen LogP contribution in [0.2, 0.25) is 0 Å². The summed E-state index contributed by atoms with van der Waals surface area (Å²) >= 11 is 1.63. The van der Waals surface area contributed by atoms with Crippen molar-refractivity contribution < 1.29 is 4.79 Å². The minimum atomic E-state index is 0.156. The van der Waals surface area contributed by atoms with Gasteiger partial charge >= 0.3 is 0 Å². The maximum Gasteiger partial charge on any atom is 0.255 e. The second-order valence-corrected chi connectivity index (χ2v) is 4.95. The van der Waals surface area contributed by atoms with E-state index in [2.05, 4.69) is 5.32 Å². The number of amides is 1. The molecule has 0 bridgehead atoms. The van der Waals surface area contributed by atoms with E-state index in [1.165, 1.54) is 0 Å². The number of hydrogen-bond acceptors (Lipinski definition) is 3. The second-order valence-electron chi connectivity index (χ2n) is 4.10. The van der Waals surface area contributed by atoms with E-state index in [1.807, 2.05) is 42.3 Å². The highest BCUT2D eigenvalue weighted by molar-refractivity contribution is 7.98. The molecule has 1 heterocycles. The molecule has 0 aliphatic carbocycles. The summed E-state index contributed by atoms with van der Waals surface area (Å²) in [5, 5.41) is 3.21. The van der Waals surface area contributed by atoms with Gasteiger partial charge in [0.05, 0.1) is 11.6 Å². The van der Waals surface area contributed by atoms with Crippen LogP contribution in [0.1, 0.15) is 17.3 Å². The second kappa shape index (κ2) is 5.56. The van der Waals surface area contributed by atoms with Crippen LogP contribution in [0.3, 0.4) is 0 Å². The Morgan fingerprint density at radius 1 is 1.47 bits per heavy atom. The lowest BCUT2D eigenvalue weighted by Gasteiger charge is -2.37. The number of thioether (sulfide) groups is 1. The Hall–Kier alpha value is -1.00. The fourth-order valence-electron chi connectivity index (χ4n) is 2.04. The summed E-state index contributed by atoms with van der Waals surface area (Å²) in [6.07, 6.45) is 2.01. The lowest BCUT2D eigenvalue weighted by molar-refractivity contribution is 0.0626. The van der Waals surface area contributed by atoms with Crippen molar-refractivity contribution in [3.8, 4) is 0 Å². The molecule has 0 spiro atoms. The Morgan fingerprint density at radius 2 is 2.18 bits per heavy atom. The molecule has 1 fully saturated rings. The first-order valence-corrected chi connectivity index (χ1v) is 7.15. The van der Waals surface area contributed by atoms with Crippen LogP contribution in [0.15, 0.2) is 29.2 Å². The molecule has 4 heteroatoms. The van der Waals surface area contributed by atoms with Gasteiger partial charge in [-0.1, -0.05) is 12.1 Å². The largest absolute Gasteiger partial charge is 0.333 e. The van der Waals surface area contributed by atoms with E-state index >= 15 is 0 Å². The first kappa shape index (κ1) is 12.5. The van der Waals surface area contributed by atoms with Gasteiger partial charge in [-0.05, 0) is 25.3 Å². The van der Waals surface area contributed by atoms with Crippen LogP contribution < -0.4 is 5.32 Å². The van der Waals surface area contributed by atoms with Gasteiger partial charge in [0, 0.05) is 24.5 Å². The Balaban J connectivity index is 2.22. The fraction of sp³-hybridized carbons (Fsp3) is 0.462. The molecule has 1 aromatic rings. The molecule has 1 N–H and O–H groups in total. The molecule has 0 radical (unpaired) electrons. The molecule has 0 atom stereocenters. The summed E-state index contributed by atoms with van der Waals surface area (Å²) in [7, 11) is 0. The molecule has 1 aliphatic heterocycles. The van der Waals surface area contributed by atoms with Crippen molar-refractivity contribution in [2.75, 3.05) is 25.9 Å². The van der Waals surface area contributed by atoms with Gasteiger partial charge in [0.25, 0.3) is 5.91 Å². The Morgan fingerprint density at radius 3 is 2.71 bits per heavy atom. The summed E-state index contributed by atoms with van der Waals surface area (Å²) in [5.74, 6) is 0.156. The highest BCUT2D eigenvalue weighted by atomic mass is 32.2. The summed E-state index contributed by atoms with van der Waals surface area (Å²) < 4.78 is 0. The van der Waals surface area contributed by atoms with Crippen LogP contribution >= 0.6 is 11.8 Å². The number of hydrogen-bond donors (Lipinski definition) is 1. The Labute approximate surface area is 107 Å². The van der Waals surface area contributed by atoms with Crippen LogP contribution in [-0.4, -0.2) is 42.7 Å². The Kier molecular flexibility index (Phi) is 4.07. The zero-order valence-electron chi connectivity index (χ0n) is 10.3. The van der Waals surface area contributed by atoms with Crippen LogP contribution in [0.5, 0.6) is 0 Å². The number of likely N-dealkylation sites (N-methyl/N-ethyl adjacent to an activating group) is 1. The van der Waals surface area contributed by atoms with Gasteiger partial charge in [0.1, 0.15) is 0 Å². The summed E-state index contributed by atoms with van der Waals surface area (Å²) in [5.41, 5.74) is 0.828. The summed E-state index contributed by atoms with van der Waals surface area (Å²) in [6.45, 7) is 4.65. The number of rotatable bonds is 4. The smallest absolute Gasteiger partial charge is 0.255 e. The number of nitrogens with one attached hydrogen (secondary N) is 1. The molecular weight excluding hydrogens is 232 g/mol. The first-order valence-electron chi connectivity index (χ1n) is 5.92. The van der Waals surface area contributed by atoms with Crippen molar-refractivity contribution >= 4 is 17.7 Å². The van der Waals surface area contributed by atoms with E-state index in [0.717, 1.165) is 30.1 Å². The van der Waals surface area contributed by atoms with Crippen molar-refractivity contribution in [1.29, 1.82) is 0 Å². The van der Waals surface area contributed by atoms with Crippen molar-refractivity contribution in [1.82, 2.24) is 10.2 Å². The maximum atomic E-state index is 12.5. The molecule has 92 valence electrons. The number of nitrogens with zero attached hydrogens (tertiary/aromatic N) is 1. The van der Waals surface area contributed by atoms with Crippen LogP contribution in [0.25, 0.3) is 0 Å². The number of carbonyl (C=O) groups is 1. The van der Waals surface area contributed by atoms with E-state index in [9.17, 15) is 4.79 Å². The van der Waals surface area contributed by atoms with Crippen molar-refractivity contribution in [2.24, 2.45) is 0 Å². The molecule has 1 aromatic carbocycles. The van der Waals surface area contributed by atoms with Gasteiger partial charge in [0.15, 0.2) is 0 Å². The van der Waals surface area contributed by atoms with E-state index in [1.54, 1.807) is 11.8 Å².